The number of benzene rings is 1. The lowest BCUT2D eigenvalue weighted by Gasteiger charge is -2.20. The third-order valence-corrected chi connectivity index (χ3v) is 5.96. The molecule has 1 heterocycles. The number of hydrogen-bond acceptors (Lipinski definition) is 3. The zero-order valence-corrected chi connectivity index (χ0v) is 16.5. The van der Waals surface area contributed by atoms with Gasteiger partial charge in [0.25, 0.3) is 0 Å². The Morgan fingerprint density at radius 1 is 1.32 bits per heavy atom. The zero-order valence-electron chi connectivity index (χ0n) is 14.9. The molecule has 5 heteroatoms. The predicted octanol–water partition coefficient (Wildman–Crippen LogP) is 5.02. The number of aromatic nitrogens is 1. The number of pyridine rings is 1. The van der Waals surface area contributed by atoms with Crippen molar-refractivity contribution >= 4 is 40.2 Å². The van der Waals surface area contributed by atoms with Crippen LogP contribution in [0.2, 0.25) is 5.02 Å². The van der Waals surface area contributed by atoms with Crippen LogP contribution in [0.25, 0.3) is 10.9 Å². The number of nitrogens with zero attached hydrogens (tertiary/aromatic N) is 1. The van der Waals surface area contributed by atoms with Crippen molar-refractivity contribution < 1.29 is 4.79 Å². The van der Waals surface area contributed by atoms with Gasteiger partial charge in [-0.1, -0.05) is 25.4 Å². The van der Waals surface area contributed by atoms with Crippen LogP contribution < -0.4 is 5.32 Å². The van der Waals surface area contributed by atoms with Crippen LogP contribution in [0.3, 0.4) is 0 Å². The number of carbonyl (C=O) groups excluding carboxylic acids is 1. The summed E-state index contributed by atoms with van der Waals surface area (Å²) in [6, 6.07) is 5.86. The smallest absolute Gasteiger partial charge is 0.230 e. The fourth-order valence-electron chi connectivity index (χ4n) is 3.21. The molecule has 0 fully saturated rings. The van der Waals surface area contributed by atoms with E-state index in [9.17, 15) is 4.79 Å². The van der Waals surface area contributed by atoms with Gasteiger partial charge >= 0.3 is 0 Å². The number of nitrogens with one attached hydrogen (secondary N) is 1. The molecule has 3 nitrogen and oxygen atoms in total. The van der Waals surface area contributed by atoms with Gasteiger partial charge in [-0.25, -0.2) is 0 Å². The fourth-order valence-corrected chi connectivity index (χ4v) is 4.47. The molecule has 0 saturated heterocycles. The van der Waals surface area contributed by atoms with Crippen LogP contribution in [-0.2, 0) is 17.6 Å². The van der Waals surface area contributed by atoms with Crippen molar-refractivity contribution in [2.45, 2.75) is 50.8 Å². The Bertz CT molecular complexity index is 776. The van der Waals surface area contributed by atoms with Crippen molar-refractivity contribution in [3.05, 3.63) is 34.5 Å². The molecule has 0 spiro atoms. The quantitative estimate of drug-likeness (QED) is 0.719. The van der Waals surface area contributed by atoms with Gasteiger partial charge in [0, 0.05) is 27.5 Å². The highest BCUT2D eigenvalue weighted by Gasteiger charge is 2.19. The Hall–Kier alpha value is -1.26. The van der Waals surface area contributed by atoms with E-state index in [-0.39, 0.29) is 5.91 Å². The number of amides is 1. The summed E-state index contributed by atoms with van der Waals surface area (Å²) in [4.78, 5) is 18.2. The van der Waals surface area contributed by atoms with Crippen LogP contribution >= 0.6 is 23.4 Å². The first kappa shape index (κ1) is 18.5. The van der Waals surface area contributed by atoms with Crippen molar-refractivity contribution in [3.8, 4) is 0 Å². The maximum atomic E-state index is 12.2. The Balaban J connectivity index is 1.81. The summed E-state index contributed by atoms with van der Waals surface area (Å²) in [5.74, 6) is 1.14. The average molecular weight is 377 g/mol. The summed E-state index contributed by atoms with van der Waals surface area (Å²) >= 11 is 7.85. The minimum atomic E-state index is 0.0993. The summed E-state index contributed by atoms with van der Waals surface area (Å²) < 4.78 is 0. The van der Waals surface area contributed by atoms with Gasteiger partial charge in [-0.3, -0.25) is 9.78 Å². The van der Waals surface area contributed by atoms with Gasteiger partial charge in [0.2, 0.25) is 5.91 Å². The Morgan fingerprint density at radius 2 is 2.12 bits per heavy atom. The van der Waals surface area contributed by atoms with Crippen molar-refractivity contribution in [3.63, 3.8) is 0 Å². The van der Waals surface area contributed by atoms with Gasteiger partial charge in [-0.15, -0.1) is 11.8 Å². The molecule has 0 bridgehead atoms. The van der Waals surface area contributed by atoms with E-state index in [2.05, 4.69) is 19.2 Å². The number of fused-ring (bicyclic) bond motifs is 2. The molecule has 25 heavy (non-hydrogen) atoms. The molecular weight excluding hydrogens is 352 g/mol. The highest BCUT2D eigenvalue weighted by molar-refractivity contribution is 8.00. The van der Waals surface area contributed by atoms with Crippen molar-refractivity contribution in [2.24, 2.45) is 5.92 Å². The second-order valence-electron chi connectivity index (χ2n) is 7.06. The first-order valence-corrected chi connectivity index (χ1v) is 10.4. The summed E-state index contributed by atoms with van der Waals surface area (Å²) in [6.07, 6.45) is 5.47. The lowest BCUT2D eigenvalue weighted by Crippen LogP contribution is -2.27. The fraction of sp³-hybridized carbons (Fsp3) is 0.500. The SMILES string of the molecule is CC(C)CCNC(=O)CSc1c2c(nc3ccc(Cl)cc13)CCCC2. The van der Waals surface area contributed by atoms with Crippen molar-refractivity contribution in [1.82, 2.24) is 10.3 Å². The highest BCUT2D eigenvalue weighted by atomic mass is 35.5. The van der Waals surface area contributed by atoms with E-state index >= 15 is 0 Å². The number of halogens is 1. The lowest BCUT2D eigenvalue weighted by molar-refractivity contribution is -0.118. The van der Waals surface area contributed by atoms with Crippen LogP contribution in [-0.4, -0.2) is 23.2 Å². The van der Waals surface area contributed by atoms with Gasteiger partial charge in [0.15, 0.2) is 0 Å². The number of hydrogen-bond donors (Lipinski definition) is 1. The van der Waals surface area contributed by atoms with Crippen LogP contribution in [0, 0.1) is 5.92 Å². The van der Waals surface area contributed by atoms with Crippen molar-refractivity contribution in [1.29, 1.82) is 0 Å². The summed E-state index contributed by atoms with van der Waals surface area (Å²) in [5.41, 5.74) is 3.50. The molecule has 1 aromatic heterocycles. The molecular formula is C20H25ClN2OS. The monoisotopic (exact) mass is 376 g/mol. The lowest BCUT2D eigenvalue weighted by atomic mass is 9.94. The number of rotatable bonds is 6. The third-order valence-electron chi connectivity index (χ3n) is 4.56. The predicted molar refractivity (Wildman–Crippen MR) is 107 cm³/mol. The first-order chi connectivity index (χ1) is 12.0. The van der Waals surface area contributed by atoms with E-state index in [1.807, 2.05) is 18.2 Å². The molecule has 134 valence electrons. The van der Waals surface area contributed by atoms with Gasteiger partial charge < -0.3 is 5.32 Å². The van der Waals surface area contributed by atoms with E-state index in [0.29, 0.717) is 16.7 Å². The Kier molecular flexibility index (Phi) is 6.24. The largest absolute Gasteiger partial charge is 0.355 e. The number of carbonyl (C=O) groups is 1. The van der Waals surface area contributed by atoms with Crippen LogP contribution in [0.4, 0.5) is 0 Å². The molecule has 1 amide bonds. The molecule has 0 unspecified atom stereocenters. The van der Waals surface area contributed by atoms with E-state index in [1.165, 1.54) is 29.0 Å². The minimum Gasteiger partial charge on any atom is -0.355 e. The van der Waals surface area contributed by atoms with Crippen LogP contribution in [0.1, 0.15) is 44.4 Å². The van der Waals surface area contributed by atoms with E-state index in [4.69, 9.17) is 16.6 Å². The normalized spacial score (nSPS) is 13.9. The van der Waals surface area contributed by atoms with Gasteiger partial charge in [0.05, 0.1) is 11.3 Å². The first-order valence-electron chi connectivity index (χ1n) is 9.05. The van der Waals surface area contributed by atoms with Crippen LogP contribution in [0.15, 0.2) is 23.1 Å². The molecule has 0 atom stereocenters. The second-order valence-corrected chi connectivity index (χ2v) is 8.48. The molecule has 1 aliphatic carbocycles. The summed E-state index contributed by atoms with van der Waals surface area (Å²) in [6.45, 7) is 5.08. The molecule has 3 rings (SSSR count). The average Bonchev–Trinajstić information content (AvgIpc) is 2.58. The molecule has 0 saturated carbocycles. The van der Waals surface area contributed by atoms with E-state index in [0.717, 1.165) is 36.7 Å². The van der Waals surface area contributed by atoms with Gasteiger partial charge in [0.1, 0.15) is 0 Å². The van der Waals surface area contributed by atoms with E-state index < -0.39 is 0 Å². The topological polar surface area (TPSA) is 42.0 Å². The third kappa shape index (κ3) is 4.68. The summed E-state index contributed by atoms with van der Waals surface area (Å²) in [7, 11) is 0. The van der Waals surface area contributed by atoms with Crippen LogP contribution in [0.5, 0.6) is 0 Å². The maximum absolute atomic E-state index is 12.2. The minimum absolute atomic E-state index is 0.0993. The van der Waals surface area contributed by atoms with E-state index in [1.54, 1.807) is 11.8 Å². The Morgan fingerprint density at radius 3 is 2.92 bits per heavy atom. The van der Waals surface area contributed by atoms with Gasteiger partial charge in [-0.05, 0) is 61.8 Å². The molecule has 2 aromatic rings. The standard InChI is InChI=1S/C20H25ClN2OS/c1-13(2)9-10-22-19(24)12-25-20-15-5-3-4-6-17(15)23-18-8-7-14(21)11-16(18)20/h7-8,11,13H,3-6,9-10,12H2,1-2H3,(H,22,24). The Labute approximate surface area is 158 Å². The van der Waals surface area contributed by atoms with Gasteiger partial charge in [-0.2, -0.15) is 0 Å². The maximum Gasteiger partial charge on any atom is 0.230 e. The number of thioether (sulfide) groups is 1. The van der Waals surface area contributed by atoms with Crippen molar-refractivity contribution in [2.75, 3.05) is 12.3 Å². The molecule has 0 aliphatic heterocycles. The number of aryl methyl sites for hydroxylation is 1. The molecule has 0 radical (unpaired) electrons. The summed E-state index contributed by atoms with van der Waals surface area (Å²) in [5, 5.41) is 4.82. The second kappa shape index (κ2) is 8.41. The highest BCUT2D eigenvalue weighted by Crippen LogP contribution is 2.36. The molecule has 1 aromatic carbocycles. The molecule has 1 aliphatic rings. The molecule has 1 N–H and O–H groups in total. The zero-order chi connectivity index (χ0) is 17.8.